The van der Waals surface area contributed by atoms with E-state index in [-0.39, 0.29) is 35.8 Å². The van der Waals surface area contributed by atoms with E-state index >= 15 is 0 Å². The third-order valence-electron chi connectivity index (χ3n) is 4.77. The number of aliphatic imine (C=N–C) groups is 1. The number of carbonyl (C=O) groups is 2. The van der Waals surface area contributed by atoms with Gasteiger partial charge in [-0.25, -0.2) is 4.99 Å². The van der Waals surface area contributed by atoms with Crippen molar-refractivity contribution in [3.63, 3.8) is 0 Å². The zero-order valence-corrected chi connectivity index (χ0v) is 19.8. The third kappa shape index (κ3) is 9.01. The predicted molar refractivity (Wildman–Crippen MR) is 128 cm³/mol. The van der Waals surface area contributed by atoms with Crippen molar-refractivity contribution in [1.29, 1.82) is 0 Å². The number of carbonyl (C=O) groups excluding carboxylic acids is 2. The first kappa shape index (κ1) is 25.2. The van der Waals surface area contributed by atoms with Gasteiger partial charge in [-0.15, -0.1) is 24.0 Å². The fraction of sp³-hybridized carbons (Fsp3) is 0.571. The molecule has 1 atom stereocenters. The molecule has 0 aliphatic carbocycles. The van der Waals surface area contributed by atoms with Gasteiger partial charge in [-0.05, 0) is 49.8 Å². The number of rotatable bonds is 8. The molecule has 1 unspecified atom stereocenters. The number of likely N-dealkylation sites (tertiary alicyclic amines) is 1. The van der Waals surface area contributed by atoms with Crippen LogP contribution in [0.15, 0.2) is 29.3 Å². The number of primary amides is 1. The van der Waals surface area contributed by atoms with Crippen molar-refractivity contribution in [3.8, 4) is 0 Å². The smallest absolute Gasteiger partial charge is 0.224 e. The highest BCUT2D eigenvalue weighted by atomic mass is 127. The molecule has 2 rings (SSSR count). The van der Waals surface area contributed by atoms with Gasteiger partial charge in [0.1, 0.15) is 0 Å². The number of hydrogen-bond donors (Lipinski definition) is 3. The lowest BCUT2D eigenvalue weighted by Crippen LogP contribution is -2.47. The highest BCUT2D eigenvalue weighted by Crippen LogP contribution is 2.19. The number of guanidine groups is 1. The molecule has 1 aromatic carbocycles. The molecule has 0 spiro atoms. The zero-order chi connectivity index (χ0) is 20.4. The van der Waals surface area contributed by atoms with Crippen LogP contribution in [0.1, 0.15) is 51.5 Å². The maximum absolute atomic E-state index is 11.7. The molecule has 0 bridgehead atoms. The van der Waals surface area contributed by atoms with Crippen molar-refractivity contribution in [2.75, 3.05) is 25.0 Å². The molecule has 8 heteroatoms. The number of benzene rings is 1. The summed E-state index contributed by atoms with van der Waals surface area (Å²) in [6.45, 7) is 7.12. The van der Waals surface area contributed by atoms with E-state index in [9.17, 15) is 9.59 Å². The quantitative estimate of drug-likeness (QED) is 0.282. The molecule has 1 aliphatic heterocycles. The molecule has 0 radical (unpaired) electrons. The molecule has 29 heavy (non-hydrogen) atoms. The van der Waals surface area contributed by atoms with Crippen molar-refractivity contribution in [2.45, 2.75) is 52.5 Å². The van der Waals surface area contributed by atoms with Crippen LogP contribution in [-0.4, -0.2) is 42.3 Å². The first-order chi connectivity index (χ1) is 13.5. The first-order valence-corrected chi connectivity index (χ1v) is 10.2. The van der Waals surface area contributed by atoms with Gasteiger partial charge in [0, 0.05) is 38.2 Å². The molecule has 1 aromatic rings. The van der Waals surface area contributed by atoms with Crippen LogP contribution in [0.5, 0.6) is 0 Å². The van der Waals surface area contributed by atoms with E-state index in [0.717, 1.165) is 56.1 Å². The summed E-state index contributed by atoms with van der Waals surface area (Å²) in [4.78, 5) is 29.9. The molecular formula is C21H34IN5O2. The minimum atomic E-state index is -0.236. The minimum Gasteiger partial charge on any atom is -0.370 e. The van der Waals surface area contributed by atoms with Gasteiger partial charge in [-0.2, -0.15) is 0 Å². The second-order valence-electron chi connectivity index (χ2n) is 7.29. The topological polar surface area (TPSA) is 99.8 Å². The van der Waals surface area contributed by atoms with Gasteiger partial charge >= 0.3 is 0 Å². The van der Waals surface area contributed by atoms with E-state index in [1.807, 2.05) is 38.1 Å². The number of nitrogens with zero attached hydrogens (tertiary/aromatic N) is 2. The molecule has 1 fully saturated rings. The lowest BCUT2D eigenvalue weighted by atomic mass is 9.95. The Morgan fingerprint density at radius 3 is 2.59 bits per heavy atom. The summed E-state index contributed by atoms with van der Waals surface area (Å²) < 4.78 is 0. The summed E-state index contributed by atoms with van der Waals surface area (Å²) >= 11 is 0. The maximum atomic E-state index is 11.7. The molecule has 0 saturated carbocycles. The van der Waals surface area contributed by atoms with E-state index in [1.54, 1.807) is 0 Å². The van der Waals surface area contributed by atoms with Crippen LogP contribution in [0.3, 0.4) is 0 Å². The Bertz CT molecular complexity index is 678. The first-order valence-electron chi connectivity index (χ1n) is 10.2. The fourth-order valence-corrected chi connectivity index (χ4v) is 3.44. The van der Waals surface area contributed by atoms with E-state index < -0.39 is 0 Å². The van der Waals surface area contributed by atoms with Gasteiger partial charge in [0.2, 0.25) is 11.8 Å². The minimum absolute atomic E-state index is 0. The zero-order valence-electron chi connectivity index (χ0n) is 17.4. The monoisotopic (exact) mass is 515 g/mol. The van der Waals surface area contributed by atoms with Gasteiger partial charge in [0.25, 0.3) is 0 Å². The SMILES string of the molecule is CCCC(=O)Nc1ccc(CN=C(NCC)N2CCCC(CC(N)=O)C2)cc1.I. The van der Waals surface area contributed by atoms with Crippen LogP contribution in [0.25, 0.3) is 0 Å². The van der Waals surface area contributed by atoms with Crippen LogP contribution in [0.2, 0.25) is 0 Å². The standard InChI is InChI=1S/C21H33N5O2.HI/c1-3-6-20(28)25-18-10-8-16(9-11-18)14-24-21(23-4-2)26-12-5-7-17(15-26)13-19(22)27;/h8-11,17H,3-7,12-15H2,1-2H3,(H2,22,27)(H,23,24)(H,25,28);1H. The summed E-state index contributed by atoms with van der Waals surface area (Å²) in [5, 5.41) is 6.24. The average molecular weight is 515 g/mol. The molecule has 7 nitrogen and oxygen atoms in total. The number of piperidine rings is 1. The Hall–Kier alpha value is -1.84. The predicted octanol–water partition coefficient (Wildman–Crippen LogP) is 3.10. The molecule has 1 saturated heterocycles. The number of anilines is 1. The molecule has 162 valence electrons. The summed E-state index contributed by atoms with van der Waals surface area (Å²) in [6, 6.07) is 7.80. The average Bonchev–Trinajstić information content (AvgIpc) is 2.66. The molecular weight excluding hydrogens is 481 g/mol. The third-order valence-corrected chi connectivity index (χ3v) is 4.77. The van der Waals surface area contributed by atoms with Crippen molar-refractivity contribution >= 4 is 47.4 Å². The largest absolute Gasteiger partial charge is 0.370 e. The Morgan fingerprint density at radius 2 is 1.97 bits per heavy atom. The summed E-state index contributed by atoms with van der Waals surface area (Å²) in [6.07, 6.45) is 3.87. The number of hydrogen-bond acceptors (Lipinski definition) is 3. The molecule has 2 amide bonds. The van der Waals surface area contributed by atoms with Gasteiger partial charge < -0.3 is 21.3 Å². The van der Waals surface area contributed by atoms with Crippen molar-refractivity contribution in [2.24, 2.45) is 16.6 Å². The maximum Gasteiger partial charge on any atom is 0.224 e. The van der Waals surface area contributed by atoms with E-state index in [4.69, 9.17) is 10.7 Å². The highest BCUT2D eigenvalue weighted by Gasteiger charge is 2.23. The lowest BCUT2D eigenvalue weighted by Gasteiger charge is -2.34. The van der Waals surface area contributed by atoms with Gasteiger partial charge in [0.15, 0.2) is 5.96 Å². The van der Waals surface area contributed by atoms with Crippen LogP contribution in [0, 0.1) is 5.92 Å². The molecule has 1 heterocycles. The van der Waals surface area contributed by atoms with Crippen LogP contribution < -0.4 is 16.4 Å². The normalized spacial score (nSPS) is 16.7. The number of amides is 2. The van der Waals surface area contributed by atoms with Crippen molar-refractivity contribution in [1.82, 2.24) is 10.2 Å². The van der Waals surface area contributed by atoms with Crippen LogP contribution in [-0.2, 0) is 16.1 Å². The van der Waals surface area contributed by atoms with Gasteiger partial charge in [-0.3, -0.25) is 9.59 Å². The second kappa shape index (κ2) is 13.4. The molecule has 0 aromatic heterocycles. The van der Waals surface area contributed by atoms with Gasteiger partial charge in [0.05, 0.1) is 6.54 Å². The van der Waals surface area contributed by atoms with Crippen LogP contribution in [0.4, 0.5) is 5.69 Å². The summed E-state index contributed by atoms with van der Waals surface area (Å²) in [7, 11) is 0. The van der Waals surface area contributed by atoms with E-state index in [0.29, 0.717) is 25.3 Å². The van der Waals surface area contributed by atoms with E-state index in [2.05, 4.69) is 15.5 Å². The number of nitrogens with one attached hydrogen (secondary N) is 2. The summed E-state index contributed by atoms with van der Waals surface area (Å²) in [5.74, 6) is 0.969. The number of nitrogens with two attached hydrogens (primary N) is 1. The summed E-state index contributed by atoms with van der Waals surface area (Å²) in [5.41, 5.74) is 7.25. The highest BCUT2D eigenvalue weighted by molar-refractivity contribution is 14.0. The van der Waals surface area contributed by atoms with Gasteiger partial charge in [-0.1, -0.05) is 19.1 Å². The van der Waals surface area contributed by atoms with Crippen LogP contribution >= 0.6 is 24.0 Å². The second-order valence-corrected chi connectivity index (χ2v) is 7.29. The Kier molecular flexibility index (Phi) is 11.6. The van der Waals surface area contributed by atoms with Crippen molar-refractivity contribution in [3.05, 3.63) is 29.8 Å². The lowest BCUT2D eigenvalue weighted by molar-refractivity contribution is -0.119. The Balaban J connectivity index is 0.00000420. The van der Waals surface area contributed by atoms with E-state index in [1.165, 1.54) is 0 Å². The fourth-order valence-electron chi connectivity index (χ4n) is 3.44. The molecule has 4 N–H and O–H groups in total. The molecule has 1 aliphatic rings. The Morgan fingerprint density at radius 1 is 1.24 bits per heavy atom. The Labute approximate surface area is 190 Å². The number of halogens is 1. The van der Waals surface area contributed by atoms with Crippen molar-refractivity contribution < 1.29 is 9.59 Å².